The summed E-state index contributed by atoms with van der Waals surface area (Å²) in [7, 11) is 0. The smallest absolute Gasteiger partial charge is 0.226 e. The molecule has 7 heteroatoms. The molecule has 0 fully saturated rings. The number of furan rings is 1. The van der Waals surface area contributed by atoms with Gasteiger partial charge in [-0.05, 0) is 12.1 Å². The molecule has 0 saturated carbocycles. The number of alkyl halides is 3. The summed E-state index contributed by atoms with van der Waals surface area (Å²) in [6.45, 7) is 5.69. The summed E-state index contributed by atoms with van der Waals surface area (Å²) in [6, 6.07) is 3.54. The Bertz CT molecular complexity index is 408. The van der Waals surface area contributed by atoms with E-state index in [9.17, 15) is 4.79 Å². The molecule has 1 heterocycles. The summed E-state index contributed by atoms with van der Waals surface area (Å²) in [5.41, 5.74) is -0.569. The van der Waals surface area contributed by atoms with Crippen molar-refractivity contribution in [2.24, 2.45) is 5.41 Å². The van der Waals surface area contributed by atoms with E-state index in [0.717, 1.165) is 0 Å². The third kappa shape index (κ3) is 5.61. The largest absolute Gasteiger partial charge is 0.468 e. The van der Waals surface area contributed by atoms with Gasteiger partial charge >= 0.3 is 0 Å². The molecule has 0 spiro atoms. The van der Waals surface area contributed by atoms with E-state index in [1.165, 1.54) is 0 Å². The van der Waals surface area contributed by atoms with Gasteiger partial charge in [0.1, 0.15) is 11.9 Å². The van der Waals surface area contributed by atoms with E-state index in [0.29, 0.717) is 12.3 Å². The first-order valence-electron chi connectivity index (χ1n) is 5.74. The van der Waals surface area contributed by atoms with Gasteiger partial charge in [-0.3, -0.25) is 10.1 Å². The van der Waals surface area contributed by atoms with Crippen molar-refractivity contribution >= 4 is 40.7 Å². The Morgan fingerprint density at radius 3 is 2.42 bits per heavy atom. The van der Waals surface area contributed by atoms with Crippen LogP contribution < -0.4 is 10.6 Å². The third-order valence-corrected chi connectivity index (χ3v) is 3.00. The minimum Gasteiger partial charge on any atom is -0.468 e. The van der Waals surface area contributed by atoms with Gasteiger partial charge < -0.3 is 9.73 Å². The van der Waals surface area contributed by atoms with Crippen molar-refractivity contribution in [3.05, 3.63) is 24.2 Å². The molecule has 1 rings (SSSR count). The molecule has 0 aliphatic rings. The van der Waals surface area contributed by atoms with Crippen LogP contribution in [0.15, 0.2) is 22.8 Å². The molecular weight excluding hydrogens is 311 g/mol. The van der Waals surface area contributed by atoms with Gasteiger partial charge in [0.15, 0.2) is 0 Å². The quantitative estimate of drug-likeness (QED) is 0.659. The molecular formula is C12H17Cl3N2O2. The van der Waals surface area contributed by atoms with Gasteiger partial charge in [-0.15, -0.1) is 0 Å². The van der Waals surface area contributed by atoms with Crippen LogP contribution in [0.5, 0.6) is 0 Å². The van der Waals surface area contributed by atoms with E-state index < -0.39 is 15.4 Å². The Kier molecular flexibility index (Phi) is 5.56. The van der Waals surface area contributed by atoms with Gasteiger partial charge in [-0.1, -0.05) is 55.6 Å². The first-order valence-corrected chi connectivity index (χ1v) is 6.87. The molecule has 108 valence electrons. The van der Waals surface area contributed by atoms with Gasteiger partial charge in [0.2, 0.25) is 9.70 Å². The minimum atomic E-state index is -1.66. The van der Waals surface area contributed by atoms with E-state index in [2.05, 4.69) is 10.6 Å². The zero-order valence-corrected chi connectivity index (χ0v) is 13.2. The number of rotatable bonds is 4. The summed E-state index contributed by atoms with van der Waals surface area (Å²) in [5.74, 6) is 0.472. The van der Waals surface area contributed by atoms with E-state index in [-0.39, 0.29) is 5.91 Å². The van der Waals surface area contributed by atoms with Crippen molar-refractivity contribution in [3.63, 3.8) is 0 Å². The number of hydrogen-bond donors (Lipinski definition) is 2. The zero-order chi connectivity index (χ0) is 14.7. The lowest BCUT2D eigenvalue weighted by Crippen LogP contribution is -2.55. The van der Waals surface area contributed by atoms with Gasteiger partial charge in [0, 0.05) is 5.41 Å². The number of carbonyl (C=O) groups excluding carboxylic acids is 1. The topological polar surface area (TPSA) is 54.3 Å². The predicted molar refractivity (Wildman–Crippen MR) is 77.2 cm³/mol. The standard InChI is InChI=1S/C12H17Cl3N2O2/c1-11(2,3)10(18)17-9(12(13,14)15)16-7-8-5-4-6-19-8/h4-6,9,16H,7H2,1-3H3,(H,17,18). The van der Waals surface area contributed by atoms with Crippen LogP contribution in [0.25, 0.3) is 0 Å². The second-order valence-corrected chi connectivity index (χ2v) is 7.53. The Morgan fingerprint density at radius 1 is 1.37 bits per heavy atom. The Hall–Kier alpha value is -0.420. The highest BCUT2D eigenvalue weighted by Crippen LogP contribution is 2.30. The lowest BCUT2D eigenvalue weighted by Gasteiger charge is -2.29. The number of nitrogens with one attached hydrogen (secondary N) is 2. The minimum absolute atomic E-state index is 0.212. The highest BCUT2D eigenvalue weighted by Gasteiger charge is 2.36. The van der Waals surface area contributed by atoms with Crippen LogP contribution in [0.3, 0.4) is 0 Å². The van der Waals surface area contributed by atoms with Crippen molar-refractivity contribution in [1.29, 1.82) is 0 Å². The highest BCUT2D eigenvalue weighted by atomic mass is 35.6. The summed E-state index contributed by atoms with van der Waals surface area (Å²) >= 11 is 17.6. The molecule has 0 saturated heterocycles. The van der Waals surface area contributed by atoms with Gasteiger partial charge in [0.05, 0.1) is 12.8 Å². The maximum absolute atomic E-state index is 11.9. The Labute approximate surface area is 127 Å². The molecule has 0 aromatic carbocycles. The second-order valence-electron chi connectivity index (χ2n) is 5.16. The van der Waals surface area contributed by atoms with Gasteiger partial charge in [-0.2, -0.15) is 0 Å². The van der Waals surface area contributed by atoms with Gasteiger partial charge in [-0.25, -0.2) is 0 Å². The summed E-state index contributed by atoms with van der Waals surface area (Å²) in [5, 5.41) is 5.62. The SMILES string of the molecule is CC(C)(C)C(=O)NC(NCc1ccco1)C(Cl)(Cl)Cl. The number of carbonyl (C=O) groups is 1. The predicted octanol–water partition coefficient (Wildman–Crippen LogP) is 3.23. The fourth-order valence-electron chi connectivity index (χ4n) is 1.21. The highest BCUT2D eigenvalue weighted by molar-refractivity contribution is 6.68. The molecule has 2 N–H and O–H groups in total. The normalized spacial score (nSPS) is 14.2. The lowest BCUT2D eigenvalue weighted by molar-refractivity contribution is -0.129. The van der Waals surface area contributed by atoms with E-state index >= 15 is 0 Å². The number of hydrogen-bond acceptors (Lipinski definition) is 3. The third-order valence-electron chi connectivity index (χ3n) is 2.34. The fourth-order valence-corrected chi connectivity index (χ4v) is 1.61. The zero-order valence-electron chi connectivity index (χ0n) is 11.0. The van der Waals surface area contributed by atoms with Crippen LogP contribution >= 0.6 is 34.8 Å². The molecule has 1 amide bonds. The molecule has 0 aliphatic heterocycles. The average Bonchev–Trinajstić information content (AvgIpc) is 2.73. The van der Waals surface area contributed by atoms with Crippen molar-refractivity contribution < 1.29 is 9.21 Å². The van der Waals surface area contributed by atoms with E-state index in [1.54, 1.807) is 39.2 Å². The summed E-state index contributed by atoms with van der Waals surface area (Å²) in [4.78, 5) is 11.9. The van der Waals surface area contributed by atoms with E-state index in [1.807, 2.05) is 0 Å². The maximum atomic E-state index is 11.9. The van der Waals surface area contributed by atoms with Crippen LogP contribution in [-0.2, 0) is 11.3 Å². The summed E-state index contributed by atoms with van der Waals surface area (Å²) in [6.07, 6.45) is 0.740. The summed E-state index contributed by atoms with van der Waals surface area (Å²) < 4.78 is 3.51. The van der Waals surface area contributed by atoms with Crippen LogP contribution in [-0.4, -0.2) is 15.9 Å². The van der Waals surface area contributed by atoms with Crippen molar-refractivity contribution in [3.8, 4) is 0 Å². The van der Waals surface area contributed by atoms with Crippen molar-refractivity contribution in [2.75, 3.05) is 0 Å². The first kappa shape index (κ1) is 16.6. The average molecular weight is 328 g/mol. The fraction of sp³-hybridized carbons (Fsp3) is 0.583. The van der Waals surface area contributed by atoms with Gasteiger partial charge in [0.25, 0.3) is 0 Å². The van der Waals surface area contributed by atoms with Crippen molar-refractivity contribution in [2.45, 2.75) is 37.3 Å². The van der Waals surface area contributed by atoms with E-state index in [4.69, 9.17) is 39.2 Å². The molecule has 4 nitrogen and oxygen atoms in total. The molecule has 1 aromatic heterocycles. The number of halogens is 3. The molecule has 1 atom stereocenters. The second kappa shape index (κ2) is 6.35. The van der Waals surface area contributed by atoms with Crippen LogP contribution in [0.2, 0.25) is 0 Å². The lowest BCUT2D eigenvalue weighted by atomic mass is 9.95. The van der Waals surface area contributed by atoms with Crippen LogP contribution in [0, 0.1) is 5.41 Å². The maximum Gasteiger partial charge on any atom is 0.226 e. The molecule has 1 unspecified atom stereocenters. The van der Waals surface area contributed by atoms with Crippen molar-refractivity contribution in [1.82, 2.24) is 10.6 Å². The number of amides is 1. The first-order chi connectivity index (χ1) is 8.60. The Morgan fingerprint density at radius 2 is 2.00 bits per heavy atom. The van der Waals surface area contributed by atoms with Crippen LogP contribution in [0.1, 0.15) is 26.5 Å². The molecule has 1 aromatic rings. The molecule has 19 heavy (non-hydrogen) atoms. The van der Waals surface area contributed by atoms with Crippen LogP contribution in [0.4, 0.5) is 0 Å². The molecule has 0 bridgehead atoms. The monoisotopic (exact) mass is 326 g/mol. The molecule has 0 aliphatic carbocycles. The molecule has 0 radical (unpaired) electrons. The Balaban J connectivity index is 2.65.